The summed E-state index contributed by atoms with van der Waals surface area (Å²) in [6, 6.07) is 14.4. The number of aromatic amines is 1. The zero-order valence-electron chi connectivity index (χ0n) is 10.5. The molecule has 0 unspecified atom stereocenters. The number of benzene rings is 2. The molecule has 0 radical (unpaired) electrons. The van der Waals surface area contributed by atoms with Crippen LogP contribution in [0.25, 0.3) is 22.4 Å². The molecule has 1 heterocycles. The molecule has 0 atom stereocenters. The highest BCUT2D eigenvalue weighted by Crippen LogP contribution is 2.24. The fourth-order valence-corrected chi connectivity index (χ4v) is 2.13. The van der Waals surface area contributed by atoms with Crippen LogP contribution >= 0.6 is 0 Å². The van der Waals surface area contributed by atoms with Gasteiger partial charge in [-0.1, -0.05) is 24.3 Å². The van der Waals surface area contributed by atoms with E-state index in [0.29, 0.717) is 0 Å². The Balaban J connectivity index is 2.17. The van der Waals surface area contributed by atoms with Gasteiger partial charge in [0.25, 0.3) is 0 Å². The van der Waals surface area contributed by atoms with Gasteiger partial charge in [0.15, 0.2) is 0 Å². The third-order valence-electron chi connectivity index (χ3n) is 3.17. The highest BCUT2D eigenvalue weighted by molar-refractivity contribution is 5.83. The molecule has 3 aromatic rings. The molecule has 0 amide bonds. The molecule has 2 N–H and O–H groups in total. The maximum Gasteiger partial charge on any atom is 0.138 e. The largest absolute Gasteiger partial charge is 0.388 e. The number of rotatable bonds is 2. The lowest BCUT2D eigenvalue weighted by molar-refractivity contribution is 1.31. The third-order valence-corrected chi connectivity index (χ3v) is 3.17. The second-order valence-electron chi connectivity index (χ2n) is 4.38. The number of fused-ring (bicyclic) bond motifs is 1. The Morgan fingerprint density at radius 3 is 2.72 bits per heavy atom. The molecule has 90 valence electrons. The Morgan fingerprint density at radius 2 is 1.94 bits per heavy atom. The molecule has 0 saturated heterocycles. The number of nitrogens with one attached hydrogen (secondary N) is 2. The van der Waals surface area contributed by atoms with Crippen molar-refractivity contribution in [1.29, 1.82) is 0 Å². The molecule has 0 fully saturated rings. The van der Waals surface area contributed by atoms with Crippen molar-refractivity contribution >= 4 is 16.7 Å². The summed E-state index contributed by atoms with van der Waals surface area (Å²) in [7, 11) is 1.92. The van der Waals surface area contributed by atoms with Crippen molar-refractivity contribution in [3.63, 3.8) is 0 Å². The van der Waals surface area contributed by atoms with Crippen LogP contribution in [0.4, 0.5) is 5.69 Å². The summed E-state index contributed by atoms with van der Waals surface area (Å²) in [6.45, 7) is 2.10. The van der Waals surface area contributed by atoms with Crippen molar-refractivity contribution in [3.8, 4) is 11.4 Å². The van der Waals surface area contributed by atoms with Crippen LogP contribution < -0.4 is 5.32 Å². The normalized spacial score (nSPS) is 10.8. The first-order valence-electron chi connectivity index (χ1n) is 6.01. The number of anilines is 1. The van der Waals surface area contributed by atoms with Gasteiger partial charge >= 0.3 is 0 Å². The quantitative estimate of drug-likeness (QED) is 0.715. The second kappa shape index (κ2) is 4.18. The summed E-state index contributed by atoms with van der Waals surface area (Å²) in [4.78, 5) is 8.01. The van der Waals surface area contributed by atoms with Crippen LogP contribution in [0, 0.1) is 6.92 Å². The van der Waals surface area contributed by atoms with E-state index in [1.807, 2.05) is 31.3 Å². The van der Waals surface area contributed by atoms with Gasteiger partial charge in [-0.3, -0.25) is 0 Å². The molecule has 0 aliphatic heterocycles. The average molecular weight is 237 g/mol. The molecule has 0 aliphatic carbocycles. The number of hydrogen-bond donors (Lipinski definition) is 2. The Kier molecular flexibility index (Phi) is 2.52. The standard InChI is InChI=1S/C15H15N3/c1-10-5-3-4-6-12(10)15-17-13-8-7-11(16-2)9-14(13)18-15/h3-9,16H,1-2H3,(H,17,18). The van der Waals surface area contributed by atoms with Crippen LogP contribution in [0.15, 0.2) is 42.5 Å². The minimum atomic E-state index is 0.927. The average Bonchev–Trinajstić information content (AvgIpc) is 2.81. The molecule has 0 bridgehead atoms. The van der Waals surface area contributed by atoms with Crippen LogP contribution in [0.3, 0.4) is 0 Å². The molecule has 3 heteroatoms. The lowest BCUT2D eigenvalue weighted by Crippen LogP contribution is -1.86. The molecular weight excluding hydrogens is 222 g/mol. The zero-order valence-corrected chi connectivity index (χ0v) is 10.5. The van der Waals surface area contributed by atoms with Crippen LogP contribution in [-0.4, -0.2) is 17.0 Å². The first-order valence-corrected chi connectivity index (χ1v) is 6.01. The lowest BCUT2D eigenvalue weighted by Gasteiger charge is -2.00. The summed E-state index contributed by atoms with van der Waals surface area (Å²) in [6.07, 6.45) is 0. The predicted molar refractivity (Wildman–Crippen MR) is 75.8 cm³/mol. The van der Waals surface area contributed by atoms with Gasteiger partial charge in [0.05, 0.1) is 11.0 Å². The molecule has 2 aromatic carbocycles. The second-order valence-corrected chi connectivity index (χ2v) is 4.38. The van der Waals surface area contributed by atoms with E-state index < -0.39 is 0 Å². The smallest absolute Gasteiger partial charge is 0.138 e. The molecule has 18 heavy (non-hydrogen) atoms. The van der Waals surface area contributed by atoms with Crippen molar-refractivity contribution in [1.82, 2.24) is 9.97 Å². The van der Waals surface area contributed by atoms with Gasteiger partial charge in [-0.05, 0) is 30.7 Å². The number of H-pyrrole nitrogens is 1. The maximum absolute atomic E-state index is 4.64. The Morgan fingerprint density at radius 1 is 1.11 bits per heavy atom. The first kappa shape index (κ1) is 10.8. The molecule has 3 nitrogen and oxygen atoms in total. The van der Waals surface area contributed by atoms with Gasteiger partial charge in [-0.25, -0.2) is 4.98 Å². The Labute approximate surface area is 106 Å². The van der Waals surface area contributed by atoms with Gasteiger partial charge in [0.1, 0.15) is 5.82 Å². The zero-order chi connectivity index (χ0) is 12.5. The van der Waals surface area contributed by atoms with Crippen molar-refractivity contribution < 1.29 is 0 Å². The number of nitrogens with zero attached hydrogens (tertiary/aromatic N) is 1. The molecule has 0 saturated carbocycles. The van der Waals surface area contributed by atoms with E-state index in [4.69, 9.17) is 0 Å². The van der Waals surface area contributed by atoms with E-state index in [-0.39, 0.29) is 0 Å². The number of hydrogen-bond acceptors (Lipinski definition) is 2. The molecule has 3 rings (SSSR count). The fraction of sp³-hybridized carbons (Fsp3) is 0.133. The van der Waals surface area contributed by atoms with Crippen LogP contribution in [0.5, 0.6) is 0 Å². The van der Waals surface area contributed by atoms with Crippen LogP contribution in [0.1, 0.15) is 5.56 Å². The lowest BCUT2D eigenvalue weighted by atomic mass is 10.1. The molecule has 0 spiro atoms. The first-order chi connectivity index (χ1) is 8.78. The Hall–Kier alpha value is -2.29. The molecule has 1 aromatic heterocycles. The maximum atomic E-state index is 4.64. The minimum absolute atomic E-state index is 0.927. The summed E-state index contributed by atoms with van der Waals surface area (Å²) in [5, 5.41) is 3.13. The van der Waals surface area contributed by atoms with E-state index >= 15 is 0 Å². The SMILES string of the molecule is CNc1ccc2nc(-c3ccccc3C)[nH]c2c1. The van der Waals surface area contributed by atoms with Crippen molar-refractivity contribution in [2.75, 3.05) is 12.4 Å². The Bertz CT molecular complexity index is 698. The summed E-state index contributed by atoms with van der Waals surface area (Å²) < 4.78 is 0. The summed E-state index contributed by atoms with van der Waals surface area (Å²) >= 11 is 0. The van der Waals surface area contributed by atoms with Gasteiger partial charge in [0, 0.05) is 18.3 Å². The van der Waals surface area contributed by atoms with Crippen LogP contribution in [-0.2, 0) is 0 Å². The monoisotopic (exact) mass is 237 g/mol. The number of aryl methyl sites for hydroxylation is 1. The van der Waals surface area contributed by atoms with Crippen LogP contribution in [0.2, 0.25) is 0 Å². The molecule has 0 aliphatic rings. The number of imidazole rings is 1. The van der Waals surface area contributed by atoms with Gasteiger partial charge in [-0.2, -0.15) is 0 Å². The highest BCUT2D eigenvalue weighted by atomic mass is 14.9. The van der Waals surface area contributed by atoms with Crippen molar-refractivity contribution in [3.05, 3.63) is 48.0 Å². The molecular formula is C15H15N3. The minimum Gasteiger partial charge on any atom is -0.388 e. The van der Waals surface area contributed by atoms with Crippen molar-refractivity contribution in [2.24, 2.45) is 0 Å². The summed E-state index contributed by atoms with van der Waals surface area (Å²) in [5.74, 6) is 0.927. The topological polar surface area (TPSA) is 40.7 Å². The van der Waals surface area contributed by atoms with Gasteiger partial charge in [-0.15, -0.1) is 0 Å². The summed E-state index contributed by atoms with van der Waals surface area (Å²) in [5.41, 5.74) is 5.51. The van der Waals surface area contributed by atoms with E-state index in [2.05, 4.69) is 40.4 Å². The van der Waals surface area contributed by atoms with E-state index in [9.17, 15) is 0 Å². The third kappa shape index (κ3) is 1.74. The predicted octanol–water partition coefficient (Wildman–Crippen LogP) is 3.58. The van der Waals surface area contributed by atoms with E-state index in [0.717, 1.165) is 28.1 Å². The van der Waals surface area contributed by atoms with E-state index in [1.54, 1.807) is 0 Å². The van der Waals surface area contributed by atoms with E-state index in [1.165, 1.54) is 5.56 Å². The highest BCUT2D eigenvalue weighted by Gasteiger charge is 2.07. The fourth-order valence-electron chi connectivity index (χ4n) is 2.13. The van der Waals surface area contributed by atoms with Gasteiger partial charge in [0.2, 0.25) is 0 Å². The number of aromatic nitrogens is 2. The van der Waals surface area contributed by atoms with Crippen molar-refractivity contribution in [2.45, 2.75) is 6.92 Å². The van der Waals surface area contributed by atoms with Gasteiger partial charge < -0.3 is 10.3 Å².